The molecule has 25 heavy (non-hydrogen) atoms. The second kappa shape index (κ2) is 9.84. The van der Waals surface area contributed by atoms with E-state index in [4.69, 9.17) is 4.74 Å². The van der Waals surface area contributed by atoms with Gasteiger partial charge in [0.1, 0.15) is 5.75 Å². The van der Waals surface area contributed by atoms with Gasteiger partial charge in [-0.25, -0.2) is 0 Å². The van der Waals surface area contributed by atoms with Gasteiger partial charge in [0.15, 0.2) is 0 Å². The summed E-state index contributed by atoms with van der Waals surface area (Å²) < 4.78 is 5.19. The van der Waals surface area contributed by atoms with Crippen molar-refractivity contribution in [2.24, 2.45) is 0 Å². The maximum absolute atomic E-state index is 12.4. The number of hydrogen-bond donors (Lipinski definition) is 1. The van der Waals surface area contributed by atoms with E-state index in [-0.39, 0.29) is 18.4 Å². The molecule has 1 aromatic heterocycles. The van der Waals surface area contributed by atoms with Gasteiger partial charge in [0.2, 0.25) is 11.8 Å². The SMILES string of the molecule is CCN(CC(=O)NCc1cccs1)C(=O)CCc1cccc(OC)c1. The van der Waals surface area contributed by atoms with Crippen LogP contribution in [0, 0.1) is 0 Å². The van der Waals surface area contributed by atoms with Gasteiger partial charge >= 0.3 is 0 Å². The molecule has 2 amide bonds. The Hall–Kier alpha value is -2.34. The average Bonchev–Trinajstić information content (AvgIpc) is 3.16. The van der Waals surface area contributed by atoms with Crippen LogP contribution in [0.2, 0.25) is 0 Å². The third-order valence-electron chi connectivity index (χ3n) is 3.87. The van der Waals surface area contributed by atoms with Crippen LogP contribution in [0.1, 0.15) is 23.8 Å². The molecule has 2 rings (SSSR count). The monoisotopic (exact) mass is 360 g/mol. The Morgan fingerprint density at radius 1 is 1.24 bits per heavy atom. The highest BCUT2D eigenvalue weighted by Crippen LogP contribution is 2.14. The van der Waals surface area contributed by atoms with Crippen molar-refractivity contribution in [3.05, 3.63) is 52.2 Å². The second-order valence-electron chi connectivity index (χ2n) is 5.62. The molecular formula is C19H24N2O3S. The Kier molecular flexibility index (Phi) is 7.47. The molecule has 6 heteroatoms. The summed E-state index contributed by atoms with van der Waals surface area (Å²) in [6, 6.07) is 11.6. The number of rotatable bonds is 9. The number of carbonyl (C=O) groups excluding carboxylic acids is 2. The summed E-state index contributed by atoms with van der Waals surface area (Å²) in [6.45, 7) is 3.00. The van der Waals surface area contributed by atoms with Crippen LogP contribution in [0.15, 0.2) is 41.8 Å². The zero-order chi connectivity index (χ0) is 18.1. The van der Waals surface area contributed by atoms with E-state index < -0.39 is 0 Å². The van der Waals surface area contributed by atoms with Gasteiger partial charge in [0.25, 0.3) is 0 Å². The van der Waals surface area contributed by atoms with Crippen molar-refractivity contribution >= 4 is 23.2 Å². The molecule has 0 unspecified atom stereocenters. The van der Waals surface area contributed by atoms with Gasteiger partial charge in [-0.2, -0.15) is 0 Å². The minimum Gasteiger partial charge on any atom is -0.497 e. The van der Waals surface area contributed by atoms with E-state index in [1.807, 2.05) is 48.7 Å². The lowest BCUT2D eigenvalue weighted by Gasteiger charge is -2.20. The zero-order valence-electron chi connectivity index (χ0n) is 14.7. The predicted molar refractivity (Wildman–Crippen MR) is 99.7 cm³/mol. The summed E-state index contributed by atoms with van der Waals surface area (Å²) >= 11 is 1.60. The van der Waals surface area contributed by atoms with Gasteiger partial charge in [0, 0.05) is 17.8 Å². The third-order valence-corrected chi connectivity index (χ3v) is 4.75. The first-order chi connectivity index (χ1) is 12.1. The predicted octanol–water partition coefficient (Wildman–Crippen LogP) is 2.85. The molecule has 0 spiro atoms. The zero-order valence-corrected chi connectivity index (χ0v) is 15.5. The summed E-state index contributed by atoms with van der Waals surface area (Å²) in [5.74, 6) is 0.631. The highest BCUT2D eigenvalue weighted by atomic mass is 32.1. The van der Waals surface area contributed by atoms with E-state index in [0.717, 1.165) is 16.2 Å². The van der Waals surface area contributed by atoms with Crippen LogP contribution in [0.4, 0.5) is 0 Å². The number of methoxy groups -OCH3 is 1. The minimum atomic E-state index is -0.134. The Balaban J connectivity index is 1.79. The maximum atomic E-state index is 12.4. The van der Waals surface area contributed by atoms with Crippen LogP contribution in [0.3, 0.4) is 0 Å². The molecule has 0 bridgehead atoms. The first kappa shape index (κ1) is 19.0. The molecule has 2 aromatic rings. The standard InChI is InChI=1S/C19H24N2O3S/c1-3-21(14-18(22)20-13-17-8-5-11-25-17)19(23)10-9-15-6-4-7-16(12-15)24-2/h4-8,11-12H,3,9-10,13-14H2,1-2H3,(H,20,22). The van der Waals surface area contributed by atoms with Crippen LogP contribution in [-0.4, -0.2) is 36.9 Å². The number of aryl methyl sites for hydroxylation is 1. The smallest absolute Gasteiger partial charge is 0.239 e. The quantitative estimate of drug-likeness (QED) is 0.748. The molecule has 0 radical (unpaired) electrons. The highest BCUT2D eigenvalue weighted by molar-refractivity contribution is 7.09. The van der Waals surface area contributed by atoms with Crippen molar-refractivity contribution in [1.82, 2.24) is 10.2 Å². The number of nitrogens with zero attached hydrogens (tertiary/aromatic N) is 1. The number of benzene rings is 1. The van der Waals surface area contributed by atoms with Gasteiger partial charge in [-0.1, -0.05) is 18.2 Å². The lowest BCUT2D eigenvalue weighted by Crippen LogP contribution is -2.40. The molecule has 0 atom stereocenters. The van der Waals surface area contributed by atoms with Gasteiger partial charge in [0.05, 0.1) is 20.2 Å². The number of hydrogen-bond acceptors (Lipinski definition) is 4. The molecule has 0 saturated carbocycles. The molecule has 1 N–H and O–H groups in total. The normalized spacial score (nSPS) is 10.3. The van der Waals surface area contributed by atoms with Gasteiger partial charge < -0.3 is 15.0 Å². The third kappa shape index (κ3) is 6.23. The van der Waals surface area contributed by atoms with E-state index in [9.17, 15) is 9.59 Å². The maximum Gasteiger partial charge on any atom is 0.239 e. The lowest BCUT2D eigenvalue weighted by atomic mass is 10.1. The van der Waals surface area contributed by atoms with Gasteiger partial charge in [-0.15, -0.1) is 11.3 Å². The van der Waals surface area contributed by atoms with Crippen molar-refractivity contribution in [3.63, 3.8) is 0 Å². The Labute approximate surface area is 152 Å². The van der Waals surface area contributed by atoms with Gasteiger partial charge in [-0.3, -0.25) is 9.59 Å². The average molecular weight is 360 g/mol. The summed E-state index contributed by atoms with van der Waals surface area (Å²) in [4.78, 5) is 27.1. The second-order valence-corrected chi connectivity index (χ2v) is 6.65. The number of thiophene rings is 1. The molecule has 5 nitrogen and oxygen atoms in total. The van der Waals surface area contributed by atoms with E-state index in [0.29, 0.717) is 25.9 Å². The molecule has 0 fully saturated rings. The molecular weight excluding hydrogens is 336 g/mol. The van der Waals surface area contributed by atoms with E-state index in [1.165, 1.54) is 0 Å². The molecule has 0 aliphatic heterocycles. The Bertz CT molecular complexity index is 686. The first-order valence-electron chi connectivity index (χ1n) is 8.32. The van der Waals surface area contributed by atoms with Crippen molar-refractivity contribution in [1.29, 1.82) is 0 Å². The minimum absolute atomic E-state index is 0.0170. The van der Waals surface area contributed by atoms with E-state index in [2.05, 4.69) is 5.32 Å². The van der Waals surface area contributed by atoms with E-state index >= 15 is 0 Å². The number of amides is 2. The first-order valence-corrected chi connectivity index (χ1v) is 9.20. The van der Waals surface area contributed by atoms with Crippen LogP contribution >= 0.6 is 11.3 Å². The van der Waals surface area contributed by atoms with Crippen molar-refractivity contribution in [3.8, 4) is 5.75 Å². The topological polar surface area (TPSA) is 58.6 Å². The fourth-order valence-electron chi connectivity index (χ4n) is 2.44. The van der Waals surface area contributed by atoms with Crippen LogP contribution in [0.5, 0.6) is 5.75 Å². The number of carbonyl (C=O) groups is 2. The van der Waals surface area contributed by atoms with Crippen molar-refractivity contribution in [2.45, 2.75) is 26.3 Å². The highest BCUT2D eigenvalue weighted by Gasteiger charge is 2.15. The van der Waals surface area contributed by atoms with Crippen LogP contribution in [0.25, 0.3) is 0 Å². The molecule has 1 aromatic carbocycles. The molecule has 1 heterocycles. The summed E-state index contributed by atoms with van der Waals surface area (Å²) in [7, 11) is 1.62. The van der Waals surface area contributed by atoms with Crippen LogP contribution < -0.4 is 10.1 Å². The summed E-state index contributed by atoms with van der Waals surface area (Å²) in [5.41, 5.74) is 1.05. The number of ether oxygens (including phenoxy) is 1. The van der Waals surface area contributed by atoms with E-state index in [1.54, 1.807) is 23.3 Å². The molecule has 0 saturated heterocycles. The largest absolute Gasteiger partial charge is 0.497 e. The van der Waals surface area contributed by atoms with Crippen molar-refractivity contribution < 1.29 is 14.3 Å². The fourth-order valence-corrected chi connectivity index (χ4v) is 3.09. The Morgan fingerprint density at radius 3 is 2.76 bits per heavy atom. The van der Waals surface area contributed by atoms with Crippen molar-refractivity contribution in [2.75, 3.05) is 20.2 Å². The number of nitrogens with one attached hydrogen (secondary N) is 1. The summed E-state index contributed by atoms with van der Waals surface area (Å²) in [6.07, 6.45) is 1.00. The van der Waals surface area contributed by atoms with Crippen LogP contribution in [-0.2, 0) is 22.6 Å². The lowest BCUT2D eigenvalue weighted by molar-refractivity contribution is -0.135. The molecule has 0 aliphatic carbocycles. The molecule has 0 aliphatic rings. The molecule has 134 valence electrons. The summed E-state index contributed by atoms with van der Waals surface area (Å²) in [5, 5.41) is 4.83. The van der Waals surface area contributed by atoms with Gasteiger partial charge in [-0.05, 0) is 42.5 Å². The Morgan fingerprint density at radius 2 is 2.08 bits per heavy atom. The fraction of sp³-hybridized carbons (Fsp3) is 0.368. The number of likely N-dealkylation sites (N-methyl/N-ethyl adjacent to an activating group) is 1.